The lowest BCUT2D eigenvalue weighted by atomic mass is 10.1. The summed E-state index contributed by atoms with van der Waals surface area (Å²) in [6.07, 6.45) is -2.91. The fourth-order valence-electron chi connectivity index (χ4n) is 0.975. The van der Waals surface area contributed by atoms with Gasteiger partial charge in [0.1, 0.15) is 0 Å². The molecule has 0 atom stereocenters. The summed E-state index contributed by atoms with van der Waals surface area (Å²) in [6.45, 7) is 0.890. The molecule has 13 heavy (non-hydrogen) atoms. The fourth-order valence-corrected chi connectivity index (χ4v) is 0.975. The van der Waals surface area contributed by atoms with Gasteiger partial charge >= 0.3 is 5.92 Å². The maximum atomic E-state index is 13.0. The Hall–Kier alpha value is -0.620. The largest absolute Gasteiger partial charge is 0.342 e. The van der Waals surface area contributed by atoms with E-state index < -0.39 is 23.9 Å². The van der Waals surface area contributed by atoms with Crippen LogP contribution < -0.4 is 0 Å². The van der Waals surface area contributed by atoms with Crippen LogP contribution in [0.4, 0.5) is 17.6 Å². The van der Waals surface area contributed by atoms with Crippen molar-refractivity contribution in [3.63, 3.8) is 0 Å². The van der Waals surface area contributed by atoms with Crippen molar-refractivity contribution in [2.75, 3.05) is 13.2 Å². The Morgan fingerprint density at radius 3 is 2.15 bits per heavy atom. The van der Waals surface area contributed by atoms with Crippen molar-refractivity contribution in [3.8, 4) is 0 Å². The molecule has 6 heteroatoms. The molecule has 1 saturated heterocycles. The second kappa shape index (κ2) is 3.26. The third-order valence-corrected chi connectivity index (χ3v) is 1.73. The monoisotopic (exact) mass is 200 g/mol. The molecule has 0 amide bonds. The average molecular weight is 200 g/mol. The van der Waals surface area contributed by atoms with Crippen LogP contribution in [0, 0.1) is 0 Å². The molecule has 0 spiro atoms. The molecule has 0 N–H and O–H groups in total. The van der Waals surface area contributed by atoms with E-state index >= 15 is 0 Å². The Morgan fingerprint density at radius 2 is 1.77 bits per heavy atom. The highest BCUT2D eigenvalue weighted by Gasteiger charge is 2.54. The number of halogens is 4. The van der Waals surface area contributed by atoms with E-state index in [1.807, 2.05) is 0 Å². The van der Waals surface area contributed by atoms with Crippen molar-refractivity contribution in [2.45, 2.75) is 18.6 Å². The van der Waals surface area contributed by atoms with Crippen LogP contribution in [0.1, 0.15) is 6.92 Å². The van der Waals surface area contributed by atoms with Gasteiger partial charge in [0.05, 0.1) is 19.3 Å². The lowest BCUT2D eigenvalue weighted by Gasteiger charge is -2.28. The van der Waals surface area contributed by atoms with E-state index in [1.54, 1.807) is 0 Å². The van der Waals surface area contributed by atoms with Crippen molar-refractivity contribution in [1.82, 2.24) is 0 Å². The number of rotatable bonds is 2. The van der Waals surface area contributed by atoms with Gasteiger partial charge in [-0.2, -0.15) is 17.6 Å². The summed E-state index contributed by atoms with van der Waals surface area (Å²) in [7, 11) is 0. The lowest BCUT2D eigenvalue weighted by molar-refractivity contribution is -0.258. The Kier molecular flexibility index (Phi) is 2.63. The standard InChI is InChI=1S/C7H8F4O2/c1-6(12-2-3-13-6)7(10,11)4-5(8)9/h4H,2-3H2,1H3. The molecule has 76 valence electrons. The maximum Gasteiger partial charge on any atom is 0.324 e. The highest BCUT2D eigenvalue weighted by atomic mass is 19.3. The average Bonchev–Trinajstić information content (AvgIpc) is 2.34. The molecule has 0 unspecified atom stereocenters. The predicted molar refractivity (Wildman–Crippen MR) is 35.6 cm³/mol. The van der Waals surface area contributed by atoms with E-state index in [0.29, 0.717) is 0 Å². The molecular formula is C7H8F4O2. The van der Waals surface area contributed by atoms with Crippen molar-refractivity contribution in [1.29, 1.82) is 0 Å². The van der Waals surface area contributed by atoms with Gasteiger partial charge in [0.2, 0.25) is 5.79 Å². The zero-order chi connectivity index (χ0) is 10.1. The normalized spacial score (nSPS) is 21.6. The van der Waals surface area contributed by atoms with E-state index in [1.165, 1.54) is 0 Å². The highest BCUT2D eigenvalue weighted by Crippen LogP contribution is 2.37. The van der Waals surface area contributed by atoms with Gasteiger partial charge in [-0.15, -0.1) is 0 Å². The molecule has 0 aromatic carbocycles. The second-order valence-electron chi connectivity index (χ2n) is 2.70. The van der Waals surface area contributed by atoms with Crippen LogP contribution in [-0.2, 0) is 9.47 Å². The topological polar surface area (TPSA) is 18.5 Å². The van der Waals surface area contributed by atoms with E-state index in [0.717, 1.165) is 6.92 Å². The first kappa shape index (κ1) is 10.5. The van der Waals surface area contributed by atoms with Gasteiger partial charge in [-0.05, 0) is 6.92 Å². The summed E-state index contributed by atoms with van der Waals surface area (Å²) in [6, 6.07) is 0. The Balaban J connectivity index is 2.84. The van der Waals surface area contributed by atoms with Crippen LogP contribution >= 0.6 is 0 Å². The van der Waals surface area contributed by atoms with Gasteiger partial charge in [-0.1, -0.05) is 0 Å². The number of hydrogen-bond donors (Lipinski definition) is 0. The molecule has 1 aliphatic heterocycles. The van der Waals surface area contributed by atoms with E-state index in [9.17, 15) is 17.6 Å². The third-order valence-electron chi connectivity index (χ3n) is 1.73. The van der Waals surface area contributed by atoms with Crippen LogP contribution in [0.2, 0.25) is 0 Å². The molecule has 0 aromatic rings. The first-order valence-electron chi connectivity index (χ1n) is 3.57. The quantitative estimate of drug-likeness (QED) is 0.636. The minimum absolute atomic E-state index is 0.0200. The van der Waals surface area contributed by atoms with Gasteiger partial charge in [0.25, 0.3) is 6.08 Å². The van der Waals surface area contributed by atoms with Gasteiger partial charge < -0.3 is 9.47 Å². The van der Waals surface area contributed by atoms with Crippen LogP contribution in [-0.4, -0.2) is 24.9 Å². The van der Waals surface area contributed by atoms with Crippen molar-refractivity contribution < 1.29 is 27.0 Å². The molecule has 0 aliphatic carbocycles. The number of hydrogen-bond acceptors (Lipinski definition) is 2. The molecule has 0 radical (unpaired) electrons. The zero-order valence-corrected chi connectivity index (χ0v) is 6.82. The molecule has 0 saturated carbocycles. The smallest absolute Gasteiger partial charge is 0.324 e. The van der Waals surface area contributed by atoms with E-state index in [4.69, 9.17) is 0 Å². The molecule has 1 fully saturated rings. The molecule has 1 rings (SSSR count). The Bertz CT molecular complexity index is 217. The molecule has 0 bridgehead atoms. The Morgan fingerprint density at radius 1 is 1.31 bits per heavy atom. The minimum Gasteiger partial charge on any atom is -0.342 e. The highest BCUT2D eigenvalue weighted by molar-refractivity contribution is 5.03. The number of ether oxygens (including phenoxy) is 2. The summed E-state index contributed by atoms with van der Waals surface area (Å²) in [5.41, 5.74) is 0. The van der Waals surface area contributed by atoms with Gasteiger partial charge in [-0.25, -0.2) is 0 Å². The Labute approximate surface area is 72.1 Å². The van der Waals surface area contributed by atoms with E-state index in [-0.39, 0.29) is 13.2 Å². The second-order valence-corrected chi connectivity index (χ2v) is 2.70. The first-order valence-corrected chi connectivity index (χ1v) is 3.57. The third kappa shape index (κ3) is 2.00. The fraction of sp³-hybridized carbons (Fsp3) is 0.714. The summed E-state index contributed by atoms with van der Waals surface area (Å²) < 4.78 is 58.3. The van der Waals surface area contributed by atoms with Gasteiger partial charge in [-0.3, -0.25) is 0 Å². The van der Waals surface area contributed by atoms with Crippen molar-refractivity contribution >= 4 is 0 Å². The maximum absolute atomic E-state index is 13.0. The molecular weight excluding hydrogens is 192 g/mol. The van der Waals surface area contributed by atoms with Gasteiger partial charge in [0, 0.05) is 0 Å². The van der Waals surface area contributed by atoms with Gasteiger partial charge in [0.15, 0.2) is 0 Å². The molecule has 1 heterocycles. The molecule has 2 nitrogen and oxygen atoms in total. The van der Waals surface area contributed by atoms with Crippen LogP contribution in [0.25, 0.3) is 0 Å². The molecule has 1 aliphatic rings. The zero-order valence-electron chi connectivity index (χ0n) is 6.82. The predicted octanol–water partition coefficient (Wildman–Crippen LogP) is 2.17. The summed E-state index contributed by atoms with van der Waals surface area (Å²) in [5.74, 6) is -6.08. The van der Waals surface area contributed by atoms with Crippen molar-refractivity contribution in [3.05, 3.63) is 12.2 Å². The van der Waals surface area contributed by atoms with Crippen LogP contribution in [0.15, 0.2) is 12.2 Å². The lowest BCUT2D eigenvalue weighted by Crippen LogP contribution is -2.45. The van der Waals surface area contributed by atoms with Crippen LogP contribution in [0.3, 0.4) is 0 Å². The molecule has 0 aromatic heterocycles. The summed E-state index contributed by atoms with van der Waals surface area (Å²) >= 11 is 0. The summed E-state index contributed by atoms with van der Waals surface area (Å²) in [5, 5.41) is 0. The number of alkyl halides is 2. The minimum atomic E-state index is -3.82. The van der Waals surface area contributed by atoms with Crippen LogP contribution in [0.5, 0.6) is 0 Å². The summed E-state index contributed by atoms with van der Waals surface area (Å²) in [4.78, 5) is 0. The van der Waals surface area contributed by atoms with E-state index in [2.05, 4.69) is 9.47 Å². The first-order chi connectivity index (χ1) is 5.87. The van der Waals surface area contributed by atoms with Crippen molar-refractivity contribution in [2.24, 2.45) is 0 Å². The SMILES string of the molecule is CC1(C(F)(F)C=C(F)F)OCCO1.